The lowest BCUT2D eigenvalue weighted by Crippen LogP contribution is -2.26. The second kappa shape index (κ2) is 4.89. The van der Waals surface area contributed by atoms with E-state index in [2.05, 4.69) is 9.88 Å². The van der Waals surface area contributed by atoms with Crippen LogP contribution in [-0.2, 0) is 4.74 Å². The Bertz CT molecular complexity index is 420. The van der Waals surface area contributed by atoms with Gasteiger partial charge in [-0.15, -0.1) is 0 Å². The van der Waals surface area contributed by atoms with Gasteiger partial charge in [-0.1, -0.05) is 11.3 Å². The maximum Gasteiger partial charge on any atom is 0.352 e. The number of esters is 1. The highest BCUT2D eigenvalue weighted by molar-refractivity contribution is 7.18. The van der Waals surface area contributed by atoms with Gasteiger partial charge in [0.25, 0.3) is 0 Å². The minimum atomic E-state index is -0.405. The van der Waals surface area contributed by atoms with Gasteiger partial charge in [0.15, 0.2) is 15.8 Å². The predicted octanol–water partition coefficient (Wildman–Crippen LogP) is 0.439. The van der Waals surface area contributed by atoms with E-state index in [1.54, 1.807) is 6.92 Å². The number of anilines is 2. The van der Waals surface area contributed by atoms with Crippen molar-refractivity contribution >= 4 is 28.3 Å². The minimum absolute atomic E-state index is 0.172. The van der Waals surface area contributed by atoms with Crippen molar-refractivity contribution < 1.29 is 9.53 Å². The number of ether oxygens (including phenoxy) is 1. The molecule has 0 radical (unpaired) electrons. The summed E-state index contributed by atoms with van der Waals surface area (Å²) in [6, 6.07) is 0.172. The molecule has 94 valence electrons. The summed E-state index contributed by atoms with van der Waals surface area (Å²) < 4.78 is 4.91. The first-order valence-electron chi connectivity index (χ1n) is 5.55. The van der Waals surface area contributed by atoms with Crippen molar-refractivity contribution in [3.63, 3.8) is 0 Å². The molecule has 1 aliphatic heterocycles. The number of rotatable bonds is 3. The Labute approximate surface area is 104 Å². The summed E-state index contributed by atoms with van der Waals surface area (Å²) in [5.41, 5.74) is 11.5. The smallest absolute Gasteiger partial charge is 0.352 e. The molecule has 4 N–H and O–H groups in total. The standard InChI is InChI=1S/C10H16N4O2S/c1-2-16-9(15)7-8(12)13-10(17-7)14-4-3-6(11)5-14/h6H,2-5,11-12H2,1H3. The number of nitrogens with two attached hydrogens (primary N) is 2. The first kappa shape index (κ1) is 12.1. The largest absolute Gasteiger partial charge is 0.462 e. The molecule has 0 spiro atoms. The molecular weight excluding hydrogens is 240 g/mol. The van der Waals surface area contributed by atoms with E-state index in [0.717, 1.165) is 24.6 Å². The number of nitrogens with zero attached hydrogens (tertiary/aromatic N) is 2. The number of thiazole rings is 1. The molecule has 1 unspecified atom stereocenters. The Kier molecular flexibility index (Phi) is 3.49. The molecule has 1 atom stereocenters. The molecule has 7 heteroatoms. The Balaban J connectivity index is 2.15. The van der Waals surface area contributed by atoms with Crippen LogP contribution in [0.2, 0.25) is 0 Å². The molecular formula is C10H16N4O2S. The van der Waals surface area contributed by atoms with Gasteiger partial charge in [-0.3, -0.25) is 0 Å². The van der Waals surface area contributed by atoms with Crippen molar-refractivity contribution in [2.45, 2.75) is 19.4 Å². The van der Waals surface area contributed by atoms with Crippen molar-refractivity contribution in [2.75, 3.05) is 30.3 Å². The van der Waals surface area contributed by atoms with E-state index < -0.39 is 5.97 Å². The molecule has 1 aliphatic rings. The summed E-state index contributed by atoms with van der Waals surface area (Å²) in [6.07, 6.45) is 0.939. The van der Waals surface area contributed by atoms with Crippen molar-refractivity contribution in [3.8, 4) is 0 Å². The van der Waals surface area contributed by atoms with Gasteiger partial charge in [0, 0.05) is 19.1 Å². The van der Waals surface area contributed by atoms with Crippen LogP contribution in [0.15, 0.2) is 0 Å². The number of hydrogen-bond acceptors (Lipinski definition) is 7. The normalized spacial score (nSPS) is 19.6. The number of aromatic nitrogens is 1. The summed E-state index contributed by atoms with van der Waals surface area (Å²) in [6.45, 7) is 3.71. The summed E-state index contributed by atoms with van der Waals surface area (Å²) in [5, 5.41) is 0.749. The molecule has 17 heavy (non-hydrogen) atoms. The topological polar surface area (TPSA) is 94.5 Å². The zero-order valence-electron chi connectivity index (χ0n) is 9.68. The molecule has 0 aromatic carbocycles. The average molecular weight is 256 g/mol. The molecule has 0 aliphatic carbocycles. The van der Waals surface area contributed by atoms with E-state index in [0.29, 0.717) is 11.5 Å². The van der Waals surface area contributed by atoms with Gasteiger partial charge in [0.2, 0.25) is 0 Å². The first-order chi connectivity index (χ1) is 8.11. The van der Waals surface area contributed by atoms with Crippen LogP contribution in [0, 0.1) is 0 Å². The fourth-order valence-corrected chi connectivity index (χ4v) is 2.67. The molecule has 6 nitrogen and oxygen atoms in total. The number of hydrogen-bond donors (Lipinski definition) is 2. The summed E-state index contributed by atoms with van der Waals surface area (Å²) >= 11 is 1.27. The number of carbonyl (C=O) groups is 1. The summed E-state index contributed by atoms with van der Waals surface area (Å²) in [7, 11) is 0. The zero-order valence-corrected chi connectivity index (χ0v) is 10.5. The van der Waals surface area contributed by atoms with Crippen LogP contribution < -0.4 is 16.4 Å². The number of nitrogen functional groups attached to an aromatic ring is 1. The Hall–Kier alpha value is -1.34. The van der Waals surface area contributed by atoms with Crippen molar-refractivity contribution in [1.29, 1.82) is 0 Å². The maximum atomic E-state index is 11.6. The number of carbonyl (C=O) groups excluding carboxylic acids is 1. The molecule has 1 aromatic heterocycles. The second-order valence-corrected chi connectivity index (χ2v) is 4.90. The van der Waals surface area contributed by atoms with Crippen LogP contribution in [0.1, 0.15) is 23.0 Å². The fourth-order valence-electron chi connectivity index (χ4n) is 1.76. The van der Waals surface area contributed by atoms with Crippen molar-refractivity contribution in [2.24, 2.45) is 5.73 Å². The lowest BCUT2D eigenvalue weighted by atomic mass is 10.3. The van der Waals surface area contributed by atoms with E-state index in [1.807, 2.05) is 0 Å². The molecule has 1 fully saturated rings. The fraction of sp³-hybridized carbons (Fsp3) is 0.600. The van der Waals surface area contributed by atoms with E-state index in [-0.39, 0.29) is 11.9 Å². The van der Waals surface area contributed by atoms with Gasteiger partial charge in [-0.2, -0.15) is 0 Å². The van der Waals surface area contributed by atoms with E-state index >= 15 is 0 Å². The third-order valence-corrected chi connectivity index (χ3v) is 3.71. The second-order valence-electron chi connectivity index (χ2n) is 3.93. The van der Waals surface area contributed by atoms with Crippen LogP contribution in [0.25, 0.3) is 0 Å². The zero-order chi connectivity index (χ0) is 12.4. The van der Waals surface area contributed by atoms with Crippen molar-refractivity contribution in [3.05, 3.63) is 4.88 Å². The van der Waals surface area contributed by atoms with Gasteiger partial charge >= 0.3 is 5.97 Å². The molecule has 2 rings (SSSR count). The van der Waals surface area contributed by atoms with Crippen LogP contribution in [-0.4, -0.2) is 36.7 Å². The molecule has 1 aromatic rings. The Morgan fingerprint density at radius 2 is 2.47 bits per heavy atom. The monoisotopic (exact) mass is 256 g/mol. The lowest BCUT2D eigenvalue weighted by molar-refractivity contribution is 0.0533. The quantitative estimate of drug-likeness (QED) is 0.762. The maximum absolute atomic E-state index is 11.6. The van der Waals surface area contributed by atoms with Crippen LogP contribution in [0.3, 0.4) is 0 Å². The molecule has 2 heterocycles. The highest BCUT2D eigenvalue weighted by atomic mass is 32.1. The highest BCUT2D eigenvalue weighted by Crippen LogP contribution is 2.30. The third kappa shape index (κ3) is 2.50. The van der Waals surface area contributed by atoms with Crippen LogP contribution in [0.4, 0.5) is 10.9 Å². The van der Waals surface area contributed by atoms with Gasteiger partial charge in [0.1, 0.15) is 0 Å². The molecule has 1 saturated heterocycles. The Morgan fingerprint density at radius 3 is 3.06 bits per heavy atom. The third-order valence-electron chi connectivity index (χ3n) is 2.60. The van der Waals surface area contributed by atoms with E-state index in [1.165, 1.54) is 11.3 Å². The SMILES string of the molecule is CCOC(=O)c1sc(N2CCC(N)C2)nc1N. The Morgan fingerprint density at radius 1 is 1.71 bits per heavy atom. The van der Waals surface area contributed by atoms with Crippen LogP contribution >= 0.6 is 11.3 Å². The van der Waals surface area contributed by atoms with E-state index in [9.17, 15) is 4.79 Å². The average Bonchev–Trinajstić information content (AvgIpc) is 2.85. The van der Waals surface area contributed by atoms with Gasteiger partial charge in [-0.05, 0) is 13.3 Å². The van der Waals surface area contributed by atoms with E-state index in [4.69, 9.17) is 16.2 Å². The molecule has 0 saturated carbocycles. The first-order valence-corrected chi connectivity index (χ1v) is 6.37. The highest BCUT2D eigenvalue weighted by Gasteiger charge is 2.25. The van der Waals surface area contributed by atoms with Gasteiger partial charge in [0.05, 0.1) is 6.61 Å². The van der Waals surface area contributed by atoms with Crippen LogP contribution in [0.5, 0.6) is 0 Å². The molecule has 0 amide bonds. The predicted molar refractivity (Wildman–Crippen MR) is 67.3 cm³/mol. The summed E-state index contributed by atoms with van der Waals surface area (Å²) in [5.74, 6) is -0.166. The van der Waals surface area contributed by atoms with Crippen molar-refractivity contribution in [1.82, 2.24) is 4.98 Å². The lowest BCUT2D eigenvalue weighted by Gasteiger charge is -2.12. The molecule has 0 bridgehead atoms. The van der Waals surface area contributed by atoms with Gasteiger partial charge < -0.3 is 21.1 Å². The minimum Gasteiger partial charge on any atom is -0.462 e. The summed E-state index contributed by atoms with van der Waals surface area (Å²) in [4.78, 5) is 18.2. The van der Waals surface area contributed by atoms with Gasteiger partial charge in [-0.25, -0.2) is 9.78 Å².